The molecule has 126 valence electrons. The summed E-state index contributed by atoms with van der Waals surface area (Å²) in [6.07, 6.45) is 3.00. The van der Waals surface area contributed by atoms with Crippen molar-refractivity contribution >= 4 is 12.1 Å². The Morgan fingerprint density at radius 2 is 1.88 bits per heavy atom. The summed E-state index contributed by atoms with van der Waals surface area (Å²) in [6.45, 7) is 2.58. The molecule has 2 aromatic carbocycles. The molecule has 0 unspecified atom stereocenters. The van der Waals surface area contributed by atoms with Crippen molar-refractivity contribution in [1.82, 2.24) is 5.43 Å². The van der Waals surface area contributed by atoms with Crippen LogP contribution in [0.25, 0.3) is 0 Å². The minimum Gasteiger partial charge on any atom is -0.489 e. The number of carbonyl (C=O) groups is 1. The number of nitrogens with one attached hydrogen (secondary N) is 1. The number of amides is 1. The molecule has 1 N–H and O–H groups in total. The molecule has 0 saturated carbocycles. The van der Waals surface area contributed by atoms with Crippen LogP contribution in [0.15, 0.2) is 76.4 Å². The van der Waals surface area contributed by atoms with Gasteiger partial charge in [0.1, 0.15) is 12.4 Å². The predicted octanol–water partition coefficient (Wildman–Crippen LogP) is 3.93. The Balaban J connectivity index is 1.50. The molecule has 0 aliphatic heterocycles. The molecule has 0 aliphatic rings. The van der Waals surface area contributed by atoms with E-state index in [0.29, 0.717) is 6.61 Å². The van der Waals surface area contributed by atoms with Gasteiger partial charge in [0.25, 0.3) is 0 Å². The molecule has 0 radical (unpaired) electrons. The van der Waals surface area contributed by atoms with Gasteiger partial charge in [-0.1, -0.05) is 29.8 Å². The second-order valence-corrected chi connectivity index (χ2v) is 5.52. The average Bonchev–Trinajstić information content (AvgIpc) is 3.17. The monoisotopic (exact) mass is 334 g/mol. The fourth-order valence-electron chi connectivity index (χ4n) is 2.13. The summed E-state index contributed by atoms with van der Waals surface area (Å²) in [5, 5.41) is 3.90. The van der Waals surface area contributed by atoms with Crippen molar-refractivity contribution in [3.05, 3.63) is 89.4 Å². The van der Waals surface area contributed by atoms with Gasteiger partial charge in [0.2, 0.25) is 0 Å². The highest BCUT2D eigenvalue weighted by atomic mass is 16.5. The minimum atomic E-state index is -0.390. The van der Waals surface area contributed by atoms with Crippen LogP contribution in [0.1, 0.15) is 27.2 Å². The molecule has 0 spiro atoms. The summed E-state index contributed by atoms with van der Waals surface area (Å²) in [6, 6.07) is 18.9. The van der Waals surface area contributed by atoms with Gasteiger partial charge in [0, 0.05) is 0 Å². The van der Waals surface area contributed by atoms with Crippen molar-refractivity contribution in [3.8, 4) is 5.75 Å². The van der Waals surface area contributed by atoms with Crippen LogP contribution in [-0.4, -0.2) is 12.1 Å². The van der Waals surface area contributed by atoms with Crippen LogP contribution in [0.4, 0.5) is 0 Å². The van der Waals surface area contributed by atoms with Gasteiger partial charge < -0.3 is 9.15 Å². The van der Waals surface area contributed by atoms with Crippen LogP contribution in [0.3, 0.4) is 0 Å². The van der Waals surface area contributed by atoms with E-state index < -0.39 is 0 Å². The van der Waals surface area contributed by atoms with Crippen molar-refractivity contribution in [2.45, 2.75) is 13.5 Å². The highest BCUT2D eigenvalue weighted by Crippen LogP contribution is 2.14. The van der Waals surface area contributed by atoms with Crippen LogP contribution < -0.4 is 10.2 Å². The van der Waals surface area contributed by atoms with E-state index in [9.17, 15) is 4.79 Å². The molecule has 25 heavy (non-hydrogen) atoms. The van der Waals surface area contributed by atoms with Gasteiger partial charge in [-0.3, -0.25) is 4.79 Å². The highest BCUT2D eigenvalue weighted by molar-refractivity contribution is 5.92. The summed E-state index contributed by atoms with van der Waals surface area (Å²) in [4.78, 5) is 11.7. The zero-order valence-electron chi connectivity index (χ0n) is 13.8. The Bertz CT molecular complexity index is 836. The van der Waals surface area contributed by atoms with Gasteiger partial charge in [-0.2, -0.15) is 5.10 Å². The number of furan rings is 1. The number of aryl methyl sites for hydroxylation is 1. The molecule has 5 heteroatoms. The fourth-order valence-corrected chi connectivity index (χ4v) is 2.13. The van der Waals surface area contributed by atoms with Crippen LogP contribution in [0, 0.1) is 6.92 Å². The maximum atomic E-state index is 11.7. The Kier molecular flexibility index (Phi) is 5.26. The summed E-state index contributed by atoms with van der Waals surface area (Å²) >= 11 is 0. The van der Waals surface area contributed by atoms with Gasteiger partial charge in [-0.15, -0.1) is 0 Å². The predicted molar refractivity (Wildman–Crippen MR) is 95.7 cm³/mol. The molecule has 3 rings (SSSR count). The van der Waals surface area contributed by atoms with Crippen molar-refractivity contribution in [3.63, 3.8) is 0 Å². The molecule has 1 amide bonds. The van der Waals surface area contributed by atoms with E-state index in [4.69, 9.17) is 9.15 Å². The summed E-state index contributed by atoms with van der Waals surface area (Å²) in [5.41, 5.74) is 5.60. The SMILES string of the molecule is Cc1ccc(COc2ccc(/C=N\NC(=O)c3ccco3)cc2)cc1. The number of carbonyl (C=O) groups excluding carboxylic acids is 1. The first-order valence-electron chi connectivity index (χ1n) is 7.86. The van der Waals surface area contributed by atoms with Crippen LogP contribution in [0.2, 0.25) is 0 Å². The second-order valence-electron chi connectivity index (χ2n) is 5.52. The first-order valence-corrected chi connectivity index (χ1v) is 7.86. The number of nitrogens with zero attached hydrogens (tertiary/aromatic N) is 1. The van der Waals surface area contributed by atoms with E-state index in [0.717, 1.165) is 16.9 Å². The van der Waals surface area contributed by atoms with Gasteiger partial charge in [0.15, 0.2) is 5.76 Å². The average molecular weight is 334 g/mol. The Morgan fingerprint density at radius 1 is 1.12 bits per heavy atom. The van der Waals surface area contributed by atoms with Crippen LogP contribution >= 0.6 is 0 Å². The van der Waals surface area contributed by atoms with E-state index in [1.165, 1.54) is 11.8 Å². The molecular formula is C20H18N2O3. The molecule has 0 bridgehead atoms. The molecule has 0 aliphatic carbocycles. The van der Waals surface area contributed by atoms with Gasteiger partial charge in [0.05, 0.1) is 12.5 Å². The van der Waals surface area contributed by atoms with E-state index >= 15 is 0 Å². The topological polar surface area (TPSA) is 63.8 Å². The third-order valence-corrected chi connectivity index (χ3v) is 3.53. The number of rotatable bonds is 6. The maximum Gasteiger partial charge on any atom is 0.307 e. The van der Waals surface area contributed by atoms with Gasteiger partial charge in [-0.25, -0.2) is 5.43 Å². The zero-order chi connectivity index (χ0) is 17.5. The lowest BCUT2D eigenvalue weighted by Crippen LogP contribution is -2.16. The normalized spacial score (nSPS) is 10.8. The molecule has 5 nitrogen and oxygen atoms in total. The Hall–Kier alpha value is -3.34. The third-order valence-electron chi connectivity index (χ3n) is 3.53. The molecule has 3 aromatic rings. The van der Waals surface area contributed by atoms with E-state index in [-0.39, 0.29) is 11.7 Å². The molecule has 1 aromatic heterocycles. The molecule has 0 fully saturated rings. The lowest BCUT2D eigenvalue weighted by Gasteiger charge is -2.06. The van der Waals surface area contributed by atoms with Gasteiger partial charge in [-0.05, 0) is 54.4 Å². The largest absolute Gasteiger partial charge is 0.489 e. The molecular weight excluding hydrogens is 316 g/mol. The maximum absolute atomic E-state index is 11.7. The first-order chi connectivity index (χ1) is 12.2. The lowest BCUT2D eigenvalue weighted by atomic mass is 10.2. The lowest BCUT2D eigenvalue weighted by molar-refractivity contribution is 0.0927. The zero-order valence-corrected chi connectivity index (χ0v) is 13.8. The van der Waals surface area contributed by atoms with Crippen LogP contribution in [-0.2, 0) is 6.61 Å². The Labute approximate surface area is 145 Å². The van der Waals surface area contributed by atoms with E-state index in [2.05, 4.69) is 41.7 Å². The van der Waals surface area contributed by atoms with Gasteiger partial charge >= 0.3 is 5.91 Å². The van der Waals surface area contributed by atoms with Crippen molar-refractivity contribution in [1.29, 1.82) is 0 Å². The summed E-state index contributed by atoms with van der Waals surface area (Å²) in [5.74, 6) is 0.605. The summed E-state index contributed by atoms with van der Waals surface area (Å²) in [7, 11) is 0. The number of hydrogen-bond acceptors (Lipinski definition) is 4. The minimum absolute atomic E-state index is 0.219. The standard InChI is InChI=1S/C20H18N2O3/c1-15-4-6-17(7-5-15)14-25-18-10-8-16(9-11-18)13-21-22-20(23)19-3-2-12-24-19/h2-13H,14H2,1H3,(H,22,23)/b21-13-. The number of benzene rings is 2. The molecule has 0 saturated heterocycles. The number of hydrazone groups is 1. The molecule has 0 atom stereocenters. The van der Waals surface area contributed by atoms with E-state index in [1.54, 1.807) is 18.3 Å². The third kappa shape index (κ3) is 4.81. The van der Waals surface area contributed by atoms with Crippen molar-refractivity contribution in [2.75, 3.05) is 0 Å². The highest BCUT2D eigenvalue weighted by Gasteiger charge is 2.05. The number of hydrogen-bond donors (Lipinski definition) is 1. The quantitative estimate of drug-likeness (QED) is 0.549. The molecule has 1 heterocycles. The van der Waals surface area contributed by atoms with Crippen LogP contribution in [0.5, 0.6) is 5.75 Å². The van der Waals surface area contributed by atoms with E-state index in [1.807, 2.05) is 24.3 Å². The van der Waals surface area contributed by atoms with Crippen molar-refractivity contribution < 1.29 is 13.9 Å². The van der Waals surface area contributed by atoms with Crippen molar-refractivity contribution in [2.24, 2.45) is 5.10 Å². The summed E-state index contributed by atoms with van der Waals surface area (Å²) < 4.78 is 10.7. The second kappa shape index (κ2) is 7.97. The number of ether oxygens (including phenoxy) is 1. The first kappa shape index (κ1) is 16.5. The smallest absolute Gasteiger partial charge is 0.307 e. The fraction of sp³-hybridized carbons (Fsp3) is 0.100. The Morgan fingerprint density at radius 3 is 2.56 bits per heavy atom.